The molecule has 33 heavy (non-hydrogen) atoms. The van der Waals surface area contributed by atoms with E-state index in [4.69, 9.17) is 9.97 Å². The molecule has 4 rings (SSSR count). The molecule has 0 aliphatic rings. The van der Waals surface area contributed by atoms with Crippen molar-refractivity contribution in [3.8, 4) is 11.3 Å². The van der Waals surface area contributed by atoms with Gasteiger partial charge in [0.2, 0.25) is 0 Å². The molecule has 0 radical (unpaired) electrons. The fourth-order valence-corrected chi connectivity index (χ4v) is 4.36. The molecule has 0 bridgehead atoms. The molecule has 4 aromatic rings. The predicted molar refractivity (Wildman–Crippen MR) is 129 cm³/mol. The molecule has 0 aromatic carbocycles. The smallest absolute Gasteiger partial charge is 0.330 e. The predicted octanol–water partition coefficient (Wildman–Crippen LogP) is 4.31. The Morgan fingerprint density at radius 3 is 2.79 bits per heavy atom. The zero-order chi connectivity index (χ0) is 23.4. The van der Waals surface area contributed by atoms with Gasteiger partial charge in [-0.2, -0.15) is 0 Å². The Hall–Kier alpha value is -3.65. The number of aryl methyl sites for hydroxylation is 2. The molecule has 168 valence electrons. The van der Waals surface area contributed by atoms with Crippen LogP contribution >= 0.6 is 11.3 Å². The number of carbonyl (C=O) groups excluding carboxylic acids is 1. The first kappa shape index (κ1) is 22.5. The maximum absolute atomic E-state index is 13.3. The lowest BCUT2D eigenvalue weighted by Crippen LogP contribution is -2.19. The van der Waals surface area contributed by atoms with E-state index in [9.17, 15) is 9.59 Å². The lowest BCUT2D eigenvalue weighted by Gasteiger charge is -2.10. The van der Waals surface area contributed by atoms with E-state index in [0.717, 1.165) is 29.1 Å². The van der Waals surface area contributed by atoms with Gasteiger partial charge in [-0.3, -0.25) is 14.2 Å². The van der Waals surface area contributed by atoms with Gasteiger partial charge in [-0.25, -0.2) is 14.8 Å². The van der Waals surface area contributed by atoms with Crippen LogP contribution in [0.5, 0.6) is 0 Å². The fourth-order valence-electron chi connectivity index (χ4n) is 3.40. The van der Waals surface area contributed by atoms with Crippen LogP contribution in [0.3, 0.4) is 0 Å². The molecule has 4 heterocycles. The number of fused-ring (bicyclic) bond motifs is 1. The Kier molecular flexibility index (Phi) is 6.74. The SMILES string of the molecule is COC(=O)C=Cc1c(-c2cccnc2)nc2cc(CCc3nc(C(C)C)cs3)ccn2c1=O. The van der Waals surface area contributed by atoms with Gasteiger partial charge in [0.05, 0.1) is 29.1 Å². The van der Waals surface area contributed by atoms with Gasteiger partial charge in [0.25, 0.3) is 5.56 Å². The van der Waals surface area contributed by atoms with E-state index in [1.54, 1.807) is 36.0 Å². The molecule has 0 atom stereocenters. The number of hydrogen-bond donors (Lipinski definition) is 0. The highest BCUT2D eigenvalue weighted by atomic mass is 32.1. The second-order valence-corrected chi connectivity index (χ2v) is 8.80. The summed E-state index contributed by atoms with van der Waals surface area (Å²) in [5.74, 6) is -0.130. The number of esters is 1. The highest BCUT2D eigenvalue weighted by Gasteiger charge is 2.14. The van der Waals surface area contributed by atoms with Crippen molar-refractivity contribution < 1.29 is 9.53 Å². The van der Waals surface area contributed by atoms with Gasteiger partial charge in [-0.1, -0.05) is 13.8 Å². The second kappa shape index (κ2) is 9.87. The Bertz CT molecular complexity index is 1370. The molecule has 0 aliphatic heterocycles. The molecule has 8 heteroatoms. The van der Waals surface area contributed by atoms with E-state index in [1.807, 2.05) is 18.2 Å². The third-order valence-electron chi connectivity index (χ3n) is 5.24. The first-order valence-electron chi connectivity index (χ1n) is 10.6. The molecular weight excluding hydrogens is 436 g/mol. The fraction of sp³-hybridized carbons (Fsp3) is 0.240. The van der Waals surface area contributed by atoms with Crippen LogP contribution in [0.4, 0.5) is 0 Å². The summed E-state index contributed by atoms with van der Waals surface area (Å²) in [5.41, 5.74) is 3.90. The van der Waals surface area contributed by atoms with Crippen molar-refractivity contribution in [1.82, 2.24) is 19.4 Å². The third-order valence-corrected chi connectivity index (χ3v) is 6.17. The van der Waals surface area contributed by atoms with Gasteiger partial charge in [-0.15, -0.1) is 11.3 Å². The summed E-state index contributed by atoms with van der Waals surface area (Å²) >= 11 is 1.68. The Balaban J connectivity index is 1.72. The molecular formula is C25H24N4O3S. The summed E-state index contributed by atoms with van der Waals surface area (Å²) in [4.78, 5) is 38.5. The quantitative estimate of drug-likeness (QED) is 0.302. The summed E-state index contributed by atoms with van der Waals surface area (Å²) in [5, 5.41) is 3.22. The second-order valence-electron chi connectivity index (χ2n) is 7.86. The van der Waals surface area contributed by atoms with Crippen molar-refractivity contribution in [2.75, 3.05) is 7.11 Å². The average molecular weight is 461 g/mol. The molecule has 4 aromatic heterocycles. The normalized spacial score (nSPS) is 11.5. The summed E-state index contributed by atoms with van der Waals surface area (Å²) in [6.45, 7) is 4.28. The van der Waals surface area contributed by atoms with Crippen molar-refractivity contribution in [3.63, 3.8) is 0 Å². The van der Waals surface area contributed by atoms with E-state index in [0.29, 0.717) is 28.4 Å². The summed E-state index contributed by atoms with van der Waals surface area (Å²) < 4.78 is 6.15. The van der Waals surface area contributed by atoms with Gasteiger partial charge >= 0.3 is 5.97 Å². The van der Waals surface area contributed by atoms with Gasteiger partial charge in [0.15, 0.2) is 0 Å². The van der Waals surface area contributed by atoms with Crippen LogP contribution in [0, 0.1) is 0 Å². The Morgan fingerprint density at radius 1 is 1.24 bits per heavy atom. The van der Waals surface area contributed by atoms with Gasteiger partial charge in [-0.05, 0) is 48.2 Å². The lowest BCUT2D eigenvalue weighted by molar-refractivity contribution is -0.134. The van der Waals surface area contributed by atoms with Gasteiger partial charge in [0, 0.05) is 42.0 Å². The maximum atomic E-state index is 13.3. The lowest BCUT2D eigenvalue weighted by atomic mass is 10.1. The van der Waals surface area contributed by atoms with Crippen LogP contribution in [-0.2, 0) is 22.4 Å². The zero-order valence-electron chi connectivity index (χ0n) is 18.7. The minimum atomic E-state index is -0.546. The maximum Gasteiger partial charge on any atom is 0.330 e. The molecule has 0 fully saturated rings. The number of carbonyl (C=O) groups is 1. The minimum Gasteiger partial charge on any atom is -0.466 e. The molecule has 7 nitrogen and oxygen atoms in total. The number of ether oxygens (including phenoxy) is 1. The van der Waals surface area contributed by atoms with Crippen LogP contribution in [0.15, 0.2) is 59.1 Å². The largest absolute Gasteiger partial charge is 0.466 e. The van der Waals surface area contributed by atoms with Crippen molar-refractivity contribution in [2.24, 2.45) is 0 Å². The van der Waals surface area contributed by atoms with Crippen LogP contribution in [0.1, 0.15) is 41.6 Å². The van der Waals surface area contributed by atoms with Crippen LogP contribution < -0.4 is 5.56 Å². The molecule has 0 N–H and O–H groups in total. The Morgan fingerprint density at radius 2 is 2.09 bits per heavy atom. The van der Waals surface area contributed by atoms with E-state index in [1.165, 1.54) is 23.7 Å². The number of pyridine rings is 2. The standard InChI is InChI=1S/C25H24N4O3S/c1-16(2)20-15-33-22(27-20)8-6-17-10-12-29-21(13-17)28-24(18-5-4-11-26-14-18)19(25(29)31)7-9-23(30)32-3/h4-5,7,9-16H,6,8H2,1-3H3. The van der Waals surface area contributed by atoms with Crippen LogP contribution in [-0.4, -0.2) is 32.4 Å². The number of thiazole rings is 1. The highest BCUT2D eigenvalue weighted by Crippen LogP contribution is 2.22. The molecule has 0 aliphatic carbocycles. The van der Waals surface area contributed by atoms with Crippen molar-refractivity contribution in [1.29, 1.82) is 0 Å². The highest BCUT2D eigenvalue weighted by molar-refractivity contribution is 7.09. The average Bonchev–Trinajstić information content (AvgIpc) is 3.32. The number of rotatable bonds is 7. The van der Waals surface area contributed by atoms with E-state index < -0.39 is 5.97 Å². The Labute approximate surface area is 195 Å². The zero-order valence-corrected chi connectivity index (χ0v) is 19.5. The third kappa shape index (κ3) is 5.06. The monoisotopic (exact) mass is 460 g/mol. The van der Waals surface area contributed by atoms with Crippen molar-refractivity contribution in [3.05, 3.63) is 86.5 Å². The number of methoxy groups -OCH3 is 1. The van der Waals surface area contributed by atoms with Crippen molar-refractivity contribution in [2.45, 2.75) is 32.6 Å². The van der Waals surface area contributed by atoms with Gasteiger partial charge in [0.1, 0.15) is 5.65 Å². The summed E-state index contributed by atoms with van der Waals surface area (Å²) in [7, 11) is 1.29. The van der Waals surface area contributed by atoms with E-state index in [-0.39, 0.29) is 5.56 Å². The number of hydrogen-bond acceptors (Lipinski definition) is 7. The van der Waals surface area contributed by atoms with Crippen LogP contribution in [0.25, 0.3) is 23.0 Å². The first-order valence-corrected chi connectivity index (χ1v) is 11.5. The topological polar surface area (TPSA) is 86.4 Å². The molecule has 0 saturated carbocycles. The summed E-state index contributed by atoms with van der Waals surface area (Å²) in [6.07, 6.45) is 9.31. The van der Waals surface area contributed by atoms with E-state index in [2.05, 4.69) is 28.9 Å². The van der Waals surface area contributed by atoms with Crippen molar-refractivity contribution >= 4 is 29.0 Å². The molecule has 0 saturated heterocycles. The molecule has 0 amide bonds. The summed E-state index contributed by atoms with van der Waals surface area (Å²) in [6, 6.07) is 7.46. The van der Waals surface area contributed by atoms with E-state index >= 15 is 0 Å². The number of nitrogens with zero attached hydrogens (tertiary/aromatic N) is 4. The minimum absolute atomic E-state index is 0.271. The number of aromatic nitrogens is 4. The van der Waals surface area contributed by atoms with Gasteiger partial charge < -0.3 is 4.74 Å². The van der Waals surface area contributed by atoms with Crippen LogP contribution in [0.2, 0.25) is 0 Å². The molecule has 0 spiro atoms. The molecule has 0 unspecified atom stereocenters. The first-order chi connectivity index (χ1) is 16.0.